The lowest BCUT2D eigenvalue weighted by Crippen LogP contribution is -2.30. The Hall–Kier alpha value is -1.85. The van der Waals surface area contributed by atoms with E-state index in [0.717, 1.165) is 57.8 Å². The maximum Gasteiger partial charge on any atom is 0.306 e. The molecular formula is C61H116O6. The Bertz CT molecular complexity index is 1040. The highest BCUT2D eigenvalue weighted by Crippen LogP contribution is 2.17. The minimum Gasteiger partial charge on any atom is -0.462 e. The van der Waals surface area contributed by atoms with Crippen molar-refractivity contribution >= 4 is 17.9 Å². The fourth-order valence-corrected chi connectivity index (χ4v) is 9.21. The summed E-state index contributed by atoms with van der Waals surface area (Å²) in [5.41, 5.74) is 0. The van der Waals surface area contributed by atoms with Crippen LogP contribution in [-0.2, 0) is 28.6 Å². The van der Waals surface area contributed by atoms with E-state index in [1.54, 1.807) is 0 Å². The van der Waals surface area contributed by atoms with Crippen molar-refractivity contribution in [3.8, 4) is 0 Å². The second-order valence-corrected chi connectivity index (χ2v) is 20.6. The molecule has 1 atom stereocenters. The number of allylic oxidation sites excluding steroid dienone is 2. The minimum atomic E-state index is -0.765. The van der Waals surface area contributed by atoms with Gasteiger partial charge in [-0.25, -0.2) is 0 Å². The van der Waals surface area contributed by atoms with Crippen molar-refractivity contribution in [3.63, 3.8) is 0 Å². The molecule has 1 unspecified atom stereocenters. The summed E-state index contributed by atoms with van der Waals surface area (Å²) in [6.07, 6.45) is 64.9. The van der Waals surface area contributed by atoms with E-state index in [9.17, 15) is 14.4 Å². The first-order valence-electron chi connectivity index (χ1n) is 30.2. The van der Waals surface area contributed by atoms with Crippen molar-refractivity contribution in [3.05, 3.63) is 12.2 Å². The van der Waals surface area contributed by atoms with Crippen LogP contribution in [0, 0.1) is 0 Å². The Morgan fingerprint density at radius 3 is 0.746 bits per heavy atom. The molecule has 0 N–H and O–H groups in total. The highest BCUT2D eigenvalue weighted by Gasteiger charge is 2.19. The van der Waals surface area contributed by atoms with E-state index in [2.05, 4.69) is 32.9 Å². The van der Waals surface area contributed by atoms with Crippen LogP contribution < -0.4 is 0 Å². The number of carbonyl (C=O) groups excluding carboxylic acids is 3. The van der Waals surface area contributed by atoms with Crippen LogP contribution in [0.15, 0.2) is 12.2 Å². The SMILES string of the molecule is CCCCCCCCCC/C=C\CCCCCCCCCCCC(=O)OCC(COC(=O)CCCCCCCCCCCCCCC)OC(=O)CCCCCCCCCCCCCCCCC. The third-order valence-electron chi connectivity index (χ3n) is 13.8. The van der Waals surface area contributed by atoms with Crippen LogP contribution in [0.25, 0.3) is 0 Å². The number of ether oxygens (including phenoxy) is 3. The molecule has 0 aliphatic rings. The normalized spacial score (nSPS) is 12.0. The summed E-state index contributed by atoms with van der Waals surface area (Å²) in [5.74, 6) is -0.840. The summed E-state index contributed by atoms with van der Waals surface area (Å²) in [5, 5.41) is 0. The molecule has 0 aromatic rings. The Kier molecular flexibility index (Phi) is 55.2. The van der Waals surface area contributed by atoms with Gasteiger partial charge in [-0.15, -0.1) is 0 Å². The van der Waals surface area contributed by atoms with E-state index >= 15 is 0 Å². The first-order chi connectivity index (χ1) is 33.0. The molecule has 0 fully saturated rings. The summed E-state index contributed by atoms with van der Waals surface area (Å²) >= 11 is 0. The Morgan fingerprint density at radius 2 is 0.493 bits per heavy atom. The van der Waals surface area contributed by atoms with Crippen molar-refractivity contribution in [1.29, 1.82) is 0 Å². The number of carbonyl (C=O) groups is 3. The molecule has 0 saturated carbocycles. The molecule has 67 heavy (non-hydrogen) atoms. The molecule has 0 heterocycles. The highest BCUT2D eigenvalue weighted by atomic mass is 16.6. The molecule has 0 spiro atoms. The average molecular weight is 946 g/mol. The van der Waals surface area contributed by atoms with Crippen molar-refractivity contribution in [1.82, 2.24) is 0 Å². The van der Waals surface area contributed by atoms with Crippen LogP contribution in [0.2, 0.25) is 0 Å². The first-order valence-corrected chi connectivity index (χ1v) is 30.2. The van der Waals surface area contributed by atoms with Gasteiger partial charge in [0.1, 0.15) is 13.2 Å². The molecule has 6 heteroatoms. The maximum absolute atomic E-state index is 12.9. The van der Waals surface area contributed by atoms with Gasteiger partial charge >= 0.3 is 17.9 Å². The van der Waals surface area contributed by atoms with Crippen LogP contribution >= 0.6 is 0 Å². The summed E-state index contributed by atoms with van der Waals surface area (Å²) in [6, 6.07) is 0. The van der Waals surface area contributed by atoms with Crippen molar-refractivity contribution < 1.29 is 28.6 Å². The molecule has 0 aliphatic heterocycles. The van der Waals surface area contributed by atoms with E-state index in [1.165, 1.54) is 244 Å². The fourth-order valence-electron chi connectivity index (χ4n) is 9.21. The zero-order valence-electron chi connectivity index (χ0n) is 45.5. The molecule has 6 nitrogen and oxygen atoms in total. The quantitative estimate of drug-likeness (QED) is 0.0262. The van der Waals surface area contributed by atoms with Gasteiger partial charge in [-0.1, -0.05) is 290 Å². The number of hydrogen-bond acceptors (Lipinski definition) is 6. The van der Waals surface area contributed by atoms with Crippen molar-refractivity contribution in [2.75, 3.05) is 13.2 Å². The first kappa shape index (κ1) is 65.1. The molecule has 0 aliphatic carbocycles. The van der Waals surface area contributed by atoms with Crippen molar-refractivity contribution in [2.45, 2.75) is 348 Å². The van der Waals surface area contributed by atoms with E-state index < -0.39 is 6.10 Å². The zero-order chi connectivity index (χ0) is 48.6. The number of unbranched alkanes of at least 4 members (excludes halogenated alkanes) is 43. The summed E-state index contributed by atoms with van der Waals surface area (Å²) in [6.45, 7) is 6.70. The van der Waals surface area contributed by atoms with Crippen LogP contribution in [0.3, 0.4) is 0 Å². The Labute approximate surface area is 418 Å². The molecule has 0 bridgehead atoms. The summed E-state index contributed by atoms with van der Waals surface area (Å²) in [4.78, 5) is 38.2. The average Bonchev–Trinajstić information content (AvgIpc) is 3.33. The van der Waals surface area contributed by atoms with Gasteiger partial charge in [-0.2, -0.15) is 0 Å². The van der Waals surface area contributed by atoms with E-state index in [-0.39, 0.29) is 31.1 Å². The van der Waals surface area contributed by atoms with Gasteiger partial charge in [-0.3, -0.25) is 14.4 Å². The molecule has 0 aromatic heterocycles. The fraction of sp³-hybridized carbons (Fsp3) is 0.918. The molecule has 0 saturated heterocycles. The van der Waals surface area contributed by atoms with Gasteiger partial charge < -0.3 is 14.2 Å². The monoisotopic (exact) mass is 945 g/mol. The molecule has 0 radical (unpaired) electrons. The minimum absolute atomic E-state index is 0.0643. The third-order valence-corrected chi connectivity index (χ3v) is 13.8. The van der Waals surface area contributed by atoms with Crippen LogP contribution in [0.1, 0.15) is 342 Å². The molecule has 0 aromatic carbocycles. The lowest BCUT2D eigenvalue weighted by Gasteiger charge is -2.18. The Balaban J connectivity index is 4.26. The largest absolute Gasteiger partial charge is 0.462 e. The highest BCUT2D eigenvalue weighted by molar-refractivity contribution is 5.71. The maximum atomic E-state index is 12.9. The Morgan fingerprint density at radius 1 is 0.284 bits per heavy atom. The van der Waals surface area contributed by atoms with E-state index in [0.29, 0.717) is 19.3 Å². The lowest BCUT2D eigenvalue weighted by molar-refractivity contribution is -0.167. The zero-order valence-corrected chi connectivity index (χ0v) is 45.5. The van der Waals surface area contributed by atoms with Gasteiger partial charge in [0.2, 0.25) is 0 Å². The number of hydrogen-bond donors (Lipinski definition) is 0. The van der Waals surface area contributed by atoms with Gasteiger partial charge in [0.25, 0.3) is 0 Å². The smallest absolute Gasteiger partial charge is 0.306 e. The second-order valence-electron chi connectivity index (χ2n) is 20.6. The van der Waals surface area contributed by atoms with E-state index in [4.69, 9.17) is 14.2 Å². The molecular weight excluding hydrogens is 829 g/mol. The lowest BCUT2D eigenvalue weighted by atomic mass is 10.0. The summed E-state index contributed by atoms with van der Waals surface area (Å²) < 4.78 is 16.9. The second kappa shape index (κ2) is 56.7. The van der Waals surface area contributed by atoms with E-state index in [1.807, 2.05) is 0 Å². The number of rotatable bonds is 56. The van der Waals surface area contributed by atoms with Gasteiger partial charge in [0, 0.05) is 19.3 Å². The van der Waals surface area contributed by atoms with Crippen molar-refractivity contribution in [2.24, 2.45) is 0 Å². The van der Waals surface area contributed by atoms with Crippen LogP contribution in [-0.4, -0.2) is 37.2 Å². The third kappa shape index (κ3) is 55.0. The predicted octanol–water partition coefficient (Wildman–Crippen LogP) is 20.1. The number of esters is 3. The summed E-state index contributed by atoms with van der Waals surface area (Å²) in [7, 11) is 0. The predicted molar refractivity (Wildman–Crippen MR) is 289 cm³/mol. The molecule has 396 valence electrons. The van der Waals surface area contributed by atoms with Gasteiger partial charge in [0.05, 0.1) is 0 Å². The molecule has 0 rings (SSSR count). The standard InChI is InChI=1S/C61H116O6/c1-4-7-10-13-16-19-22-25-27-28-29-30-31-32-34-36-39-42-45-48-51-54-60(63)66-57-58(56-65-59(62)53-50-47-44-41-38-35-24-21-18-15-12-9-6-3)67-61(64)55-52-49-46-43-40-37-33-26-23-20-17-14-11-8-5-2/h28-29,58H,4-27,30-57H2,1-3H3/b29-28-. The van der Waals surface area contributed by atoms with Crippen LogP contribution in [0.4, 0.5) is 0 Å². The van der Waals surface area contributed by atoms with Gasteiger partial charge in [0.15, 0.2) is 6.10 Å². The molecule has 0 amide bonds. The van der Waals surface area contributed by atoms with Gasteiger partial charge in [-0.05, 0) is 44.9 Å². The van der Waals surface area contributed by atoms with Crippen LogP contribution in [0.5, 0.6) is 0 Å². The topological polar surface area (TPSA) is 78.9 Å².